The Bertz CT molecular complexity index is 1370. The van der Waals surface area contributed by atoms with Crippen LogP contribution in [-0.2, 0) is 16.1 Å². The number of ether oxygens (including phenoxy) is 3. The molecule has 8 heteroatoms. The summed E-state index contributed by atoms with van der Waals surface area (Å²) in [5.74, 6) is -0.880. The lowest BCUT2D eigenvalue weighted by Gasteiger charge is -2.26. The molecule has 1 unspecified atom stereocenters. The van der Waals surface area contributed by atoms with Gasteiger partial charge in [-0.3, -0.25) is 9.59 Å². The van der Waals surface area contributed by atoms with E-state index in [9.17, 15) is 19.1 Å². The van der Waals surface area contributed by atoms with E-state index in [0.717, 1.165) is 0 Å². The van der Waals surface area contributed by atoms with Gasteiger partial charge in [0.15, 0.2) is 11.5 Å². The lowest BCUT2D eigenvalue weighted by molar-refractivity contribution is -0.140. The molecule has 1 aliphatic heterocycles. The number of aliphatic hydroxyl groups is 1. The smallest absolute Gasteiger partial charge is 0.295 e. The minimum atomic E-state index is -0.931. The van der Waals surface area contributed by atoms with Gasteiger partial charge in [0.05, 0.1) is 31.4 Å². The first kappa shape index (κ1) is 26.7. The van der Waals surface area contributed by atoms with Gasteiger partial charge in [-0.2, -0.15) is 0 Å². The molecule has 1 amide bonds. The van der Waals surface area contributed by atoms with Crippen LogP contribution in [0.15, 0.2) is 72.3 Å². The van der Waals surface area contributed by atoms with E-state index in [0.29, 0.717) is 40.5 Å². The minimum Gasteiger partial charge on any atom is -0.507 e. The number of halogens is 1. The minimum absolute atomic E-state index is 0.0266. The van der Waals surface area contributed by atoms with Crippen LogP contribution in [0.4, 0.5) is 4.39 Å². The van der Waals surface area contributed by atoms with Crippen LogP contribution in [0, 0.1) is 5.82 Å². The molecule has 1 atom stereocenters. The van der Waals surface area contributed by atoms with E-state index in [1.54, 1.807) is 54.6 Å². The quantitative estimate of drug-likeness (QED) is 0.224. The zero-order valence-electron chi connectivity index (χ0n) is 21.7. The number of hydrogen-bond donors (Lipinski definition) is 1. The summed E-state index contributed by atoms with van der Waals surface area (Å²) in [5, 5.41) is 11.4. The van der Waals surface area contributed by atoms with Gasteiger partial charge in [0.2, 0.25) is 0 Å². The lowest BCUT2D eigenvalue weighted by atomic mass is 9.94. The monoisotopic (exact) mass is 519 g/mol. The Morgan fingerprint density at radius 3 is 2.42 bits per heavy atom. The van der Waals surface area contributed by atoms with Gasteiger partial charge in [0.1, 0.15) is 17.3 Å². The fourth-order valence-corrected chi connectivity index (χ4v) is 4.45. The van der Waals surface area contributed by atoms with Crippen molar-refractivity contribution >= 4 is 17.4 Å². The van der Waals surface area contributed by atoms with Gasteiger partial charge in [0.25, 0.3) is 11.7 Å². The molecule has 1 heterocycles. The summed E-state index contributed by atoms with van der Waals surface area (Å²) in [6, 6.07) is 16.6. The number of methoxy groups -OCH3 is 1. The molecule has 0 aromatic heterocycles. The van der Waals surface area contributed by atoms with Crippen molar-refractivity contribution < 1.29 is 33.3 Å². The van der Waals surface area contributed by atoms with E-state index in [4.69, 9.17) is 14.2 Å². The first-order chi connectivity index (χ1) is 18.2. The van der Waals surface area contributed by atoms with Crippen LogP contribution < -0.4 is 14.2 Å². The van der Waals surface area contributed by atoms with E-state index < -0.39 is 23.5 Å². The zero-order chi connectivity index (χ0) is 27.4. The average molecular weight is 520 g/mol. The summed E-state index contributed by atoms with van der Waals surface area (Å²) in [4.78, 5) is 28.1. The van der Waals surface area contributed by atoms with E-state index in [-0.39, 0.29) is 24.0 Å². The van der Waals surface area contributed by atoms with Crippen molar-refractivity contribution in [1.82, 2.24) is 4.90 Å². The van der Waals surface area contributed by atoms with Crippen molar-refractivity contribution in [1.29, 1.82) is 0 Å². The number of ketones is 1. The molecule has 4 rings (SSSR count). The number of carbonyl (C=O) groups excluding carboxylic acids is 2. The normalized spacial score (nSPS) is 16.7. The molecule has 1 fully saturated rings. The maximum Gasteiger partial charge on any atom is 0.295 e. The number of aliphatic hydroxyl groups excluding tert-OH is 1. The van der Waals surface area contributed by atoms with E-state index >= 15 is 0 Å². The van der Waals surface area contributed by atoms with Crippen molar-refractivity contribution in [3.8, 4) is 17.2 Å². The third-order valence-corrected chi connectivity index (χ3v) is 6.09. The molecule has 1 N–H and O–H groups in total. The Labute approximate surface area is 221 Å². The van der Waals surface area contributed by atoms with Gasteiger partial charge >= 0.3 is 0 Å². The highest BCUT2D eigenvalue weighted by atomic mass is 19.1. The zero-order valence-corrected chi connectivity index (χ0v) is 21.7. The molecule has 198 valence electrons. The molecule has 7 nitrogen and oxygen atoms in total. The van der Waals surface area contributed by atoms with E-state index in [2.05, 4.69) is 0 Å². The molecule has 38 heavy (non-hydrogen) atoms. The van der Waals surface area contributed by atoms with Crippen LogP contribution in [0.25, 0.3) is 5.76 Å². The predicted molar refractivity (Wildman–Crippen MR) is 141 cm³/mol. The van der Waals surface area contributed by atoms with Crippen molar-refractivity contribution in [3.05, 3.63) is 94.8 Å². The van der Waals surface area contributed by atoms with Gasteiger partial charge in [-0.1, -0.05) is 30.3 Å². The van der Waals surface area contributed by atoms with Crippen molar-refractivity contribution in [3.63, 3.8) is 0 Å². The number of likely N-dealkylation sites (tertiary alicyclic amines) is 1. The highest BCUT2D eigenvalue weighted by molar-refractivity contribution is 6.46. The number of Topliss-reactive ketones (excluding diaryl/α,β-unsaturated/α-hetero) is 1. The molecule has 0 spiro atoms. The molecule has 0 bridgehead atoms. The number of nitrogens with zero attached hydrogens (tertiary/aromatic N) is 1. The number of carbonyl (C=O) groups is 2. The van der Waals surface area contributed by atoms with Crippen LogP contribution in [0.3, 0.4) is 0 Å². The Morgan fingerprint density at radius 1 is 1.03 bits per heavy atom. The lowest BCUT2D eigenvalue weighted by Crippen LogP contribution is -2.29. The molecule has 3 aromatic rings. The van der Waals surface area contributed by atoms with Crippen LogP contribution >= 0.6 is 0 Å². The Morgan fingerprint density at radius 2 is 1.76 bits per heavy atom. The number of rotatable bonds is 9. The Balaban J connectivity index is 1.87. The van der Waals surface area contributed by atoms with Crippen LogP contribution in [0.5, 0.6) is 17.2 Å². The molecule has 0 saturated carbocycles. The molecule has 0 aliphatic carbocycles. The average Bonchev–Trinajstić information content (AvgIpc) is 3.14. The summed E-state index contributed by atoms with van der Waals surface area (Å²) in [6.45, 7) is 6.00. The second-order valence-electron chi connectivity index (χ2n) is 9.09. The second kappa shape index (κ2) is 11.4. The summed E-state index contributed by atoms with van der Waals surface area (Å²) in [6.07, 6.45) is -0.0926. The van der Waals surface area contributed by atoms with E-state index in [1.165, 1.54) is 24.1 Å². The summed E-state index contributed by atoms with van der Waals surface area (Å²) >= 11 is 0. The van der Waals surface area contributed by atoms with Crippen LogP contribution in [0.1, 0.15) is 43.5 Å². The highest BCUT2D eigenvalue weighted by Crippen LogP contribution is 2.43. The number of benzene rings is 3. The standard InChI is InChI=1S/C30H30FNO6/c1-5-37-25-16-20(11-14-24(25)36-4)27-26(28(33)21-7-6-8-23(15-21)38-18(2)3)29(34)30(35)32(27)17-19-9-12-22(31)13-10-19/h6-16,18,27,33H,5,17H2,1-4H3/b28-26-. The van der Waals surface area contributed by atoms with Crippen LogP contribution in [-0.4, -0.2) is 41.5 Å². The van der Waals surface area contributed by atoms with E-state index in [1.807, 2.05) is 20.8 Å². The van der Waals surface area contributed by atoms with Gasteiger partial charge in [-0.25, -0.2) is 4.39 Å². The molecular formula is C30H30FNO6. The van der Waals surface area contributed by atoms with Crippen molar-refractivity contribution in [2.75, 3.05) is 13.7 Å². The third kappa shape index (κ3) is 5.49. The number of hydrogen-bond acceptors (Lipinski definition) is 6. The van der Waals surface area contributed by atoms with Crippen molar-refractivity contribution in [2.24, 2.45) is 0 Å². The van der Waals surface area contributed by atoms with Crippen molar-refractivity contribution in [2.45, 2.75) is 39.5 Å². The maximum absolute atomic E-state index is 13.5. The molecule has 1 aliphatic rings. The summed E-state index contributed by atoms with van der Waals surface area (Å²) in [7, 11) is 1.52. The van der Waals surface area contributed by atoms with Gasteiger partial charge in [-0.15, -0.1) is 0 Å². The molecular weight excluding hydrogens is 489 g/mol. The Hall–Kier alpha value is -4.33. The third-order valence-electron chi connectivity index (χ3n) is 6.09. The fraction of sp³-hybridized carbons (Fsp3) is 0.267. The SMILES string of the molecule is CCOc1cc(C2/C(=C(/O)c3cccc(OC(C)C)c3)C(=O)C(=O)N2Cc2ccc(F)cc2)ccc1OC. The first-order valence-electron chi connectivity index (χ1n) is 12.3. The molecule has 1 saturated heterocycles. The van der Waals surface area contributed by atoms with Crippen LogP contribution in [0.2, 0.25) is 0 Å². The predicted octanol–water partition coefficient (Wildman–Crippen LogP) is 5.64. The molecule has 0 radical (unpaired) electrons. The topological polar surface area (TPSA) is 85.3 Å². The first-order valence-corrected chi connectivity index (χ1v) is 12.3. The maximum atomic E-state index is 13.5. The second-order valence-corrected chi connectivity index (χ2v) is 9.09. The van der Waals surface area contributed by atoms with Gasteiger partial charge in [-0.05, 0) is 68.3 Å². The summed E-state index contributed by atoms with van der Waals surface area (Å²) < 4.78 is 30.4. The summed E-state index contributed by atoms with van der Waals surface area (Å²) in [5.41, 5.74) is 1.45. The van der Waals surface area contributed by atoms with Gasteiger partial charge < -0.3 is 24.2 Å². The largest absolute Gasteiger partial charge is 0.507 e. The molecule has 3 aromatic carbocycles. The van der Waals surface area contributed by atoms with Gasteiger partial charge in [0, 0.05) is 12.1 Å². The number of amides is 1. The fourth-order valence-electron chi connectivity index (χ4n) is 4.45. The Kier molecular flexibility index (Phi) is 8.00. The highest BCUT2D eigenvalue weighted by Gasteiger charge is 2.46.